The summed E-state index contributed by atoms with van der Waals surface area (Å²) in [6, 6.07) is 17.3. The fourth-order valence-corrected chi connectivity index (χ4v) is 4.27. The van der Waals surface area contributed by atoms with Crippen molar-refractivity contribution in [1.82, 2.24) is 9.97 Å². The van der Waals surface area contributed by atoms with Gasteiger partial charge in [0.1, 0.15) is 11.6 Å². The Bertz CT molecular complexity index is 1350. The number of hydrogen-bond acceptors (Lipinski definition) is 6. The molecule has 0 unspecified atom stereocenters. The highest BCUT2D eigenvalue weighted by molar-refractivity contribution is 6.12. The highest BCUT2D eigenvalue weighted by Gasteiger charge is 2.30. The first-order valence-electron chi connectivity index (χ1n) is 11.0. The van der Waals surface area contributed by atoms with Crippen LogP contribution in [0.4, 0.5) is 23.0 Å². The second-order valence-electron chi connectivity index (χ2n) is 7.97. The molecule has 2 aromatic heterocycles. The van der Waals surface area contributed by atoms with Crippen LogP contribution in [0.1, 0.15) is 22.8 Å². The van der Waals surface area contributed by atoms with Crippen LogP contribution in [0.3, 0.4) is 0 Å². The second-order valence-corrected chi connectivity index (χ2v) is 7.97. The van der Waals surface area contributed by atoms with Gasteiger partial charge in [-0.2, -0.15) is 0 Å². The summed E-state index contributed by atoms with van der Waals surface area (Å²) >= 11 is 0. The molecule has 2 N–H and O–H groups in total. The number of anilines is 4. The van der Waals surface area contributed by atoms with E-state index in [0.29, 0.717) is 31.0 Å². The zero-order valence-electron chi connectivity index (χ0n) is 18.7. The van der Waals surface area contributed by atoms with E-state index in [1.54, 1.807) is 18.1 Å². The third-order valence-electron chi connectivity index (χ3n) is 5.98. The van der Waals surface area contributed by atoms with E-state index >= 15 is 0 Å². The Morgan fingerprint density at radius 1 is 1.00 bits per heavy atom. The number of nitrogens with two attached hydrogens (primary N) is 1. The maximum atomic E-state index is 13.3. The molecular weight excluding hydrogens is 414 g/mol. The Labute approximate surface area is 192 Å². The lowest BCUT2D eigenvalue weighted by Crippen LogP contribution is -2.25. The Morgan fingerprint density at radius 3 is 2.67 bits per heavy atom. The van der Waals surface area contributed by atoms with Crippen LogP contribution in [-0.4, -0.2) is 36.1 Å². The zero-order chi connectivity index (χ0) is 22.9. The number of benzene rings is 2. The fourth-order valence-electron chi connectivity index (χ4n) is 4.27. The van der Waals surface area contributed by atoms with Gasteiger partial charge in [0.2, 0.25) is 0 Å². The van der Waals surface area contributed by atoms with Gasteiger partial charge in [0.15, 0.2) is 5.82 Å². The van der Waals surface area contributed by atoms with Crippen molar-refractivity contribution in [2.75, 3.05) is 35.7 Å². The van der Waals surface area contributed by atoms with Gasteiger partial charge < -0.3 is 20.3 Å². The topological polar surface area (TPSA) is 84.6 Å². The van der Waals surface area contributed by atoms with E-state index in [1.165, 1.54) is 0 Å². The number of nitrogen functional groups attached to an aromatic ring is 1. The molecule has 1 aliphatic heterocycles. The van der Waals surface area contributed by atoms with Gasteiger partial charge in [-0.3, -0.25) is 4.79 Å². The van der Waals surface area contributed by atoms with Crippen LogP contribution in [0.2, 0.25) is 0 Å². The fraction of sp³-hybridized carbons (Fsp3) is 0.192. The summed E-state index contributed by atoms with van der Waals surface area (Å²) in [5.74, 6) is 2.04. The monoisotopic (exact) mass is 439 g/mol. The summed E-state index contributed by atoms with van der Waals surface area (Å²) in [6.07, 6.45) is 4.16. The molecular formula is C26H25N5O2. The SMILES string of the molecule is CCN1c2ncc(CCOc3cccc4c(N)cccc34)cc2C(=O)N(C)c2cccnc21. The number of pyridine rings is 2. The third kappa shape index (κ3) is 3.61. The van der Waals surface area contributed by atoms with Gasteiger partial charge in [0.25, 0.3) is 5.91 Å². The number of amides is 1. The minimum Gasteiger partial charge on any atom is -0.493 e. The molecule has 33 heavy (non-hydrogen) atoms. The lowest BCUT2D eigenvalue weighted by molar-refractivity contribution is 0.0994. The maximum absolute atomic E-state index is 13.3. The van der Waals surface area contributed by atoms with Crippen molar-refractivity contribution in [1.29, 1.82) is 0 Å². The molecule has 0 atom stereocenters. The normalized spacial score (nSPS) is 13.0. The molecule has 0 fully saturated rings. The Balaban J connectivity index is 1.41. The molecule has 0 saturated heterocycles. The molecule has 1 amide bonds. The summed E-state index contributed by atoms with van der Waals surface area (Å²) in [4.78, 5) is 26.1. The zero-order valence-corrected chi connectivity index (χ0v) is 18.7. The number of carbonyl (C=O) groups excluding carboxylic acids is 1. The largest absolute Gasteiger partial charge is 0.493 e. The molecule has 0 saturated carbocycles. The Kier molecular flexibility index (Phi) is 5.30. The standard InChI is InChI=1S/C26H25N5O2/c1-3-31-24-20(26(32)30(2)22-10-6-13-28-25(22)31)15-17(16-29-24)12-14-33-23-11-5-7-18-19(23)8-4-9-21(18)27/h4-11,13,15-16H,3,12,14,27H2,1-2H3. The van der Waals surface area contributed by atoms with Gasteiger partial charge in [-0.05, 0) is 42.8 Å². The van der Waals surface area contributed by atoms with Gasteiger partial charge in [-0.25, -0.2) is 9.97 Å². The Hall–Kier alpha value is -4.13. The first-order valence-corrected chi connectivity index (χ1v) is 11.0. The van der Waals surface area contributed by atoms with Crippen molar-refractivity contribution in [3.8, 4) is 5.75 Å². The first kappa shape index (κ1) is 20.8. The second kappa shape index (κ2) is 8.43. The maximum Gasteiger partial charge on any atom is 0.261 e. The van der Waals surface area contributed by atoms with Crippen LogP contribution in [-0.2, 0) is 6.42 Å². The number of ether oxygens (including phenoxy) is 1. The lowest BCUT2D eigenvalue weighted by Gasteiger charge is -2.22. The predicted molar refractivity (Wildman–Crippen MR) is 131 cm³/mol. The molecule has 3 heterocycles. The van der Waals surface area contributed by atoms with Gasteiger partial charge in [0, 0.05) is 48.9 Å². The van der Waals surface area contributed by atoms with Crippen molar-refractivity contribution in [3.63, 3.8) is 0 Å². The molecule has 7 heteroatoms. The number of hydrogen-bond donors (Lipinski definition) is 1. The minimum atomic E-state index is -0.102. The minimum absolute atomic E-state index is 0.102. The van der Waals surface area contributed by atoms with Crippen LogP contribution in [0.5, 0.6) is 5.75 Å². The summed E-state index contributed by atoms with van der Waals surface area (Å²) in [6.45, 7) is 3.13. The van der Waals surface area contributed by atoms with E-state index in [1.807, 2.05) is 72.6 Å². The molecule has 7 nitrogen and oxygen atoms in total. The molecule has 0 bridgehead atoms. The van der Waals surface area contributed by atoms with Gasteiger partial charge >= 0.3 is 0 Å². The van der Waals surface area contributed by atoms with E-state index in [9.17, 15) is 4.79 Å². The average molecular weight is 440 g/mol. The first-order chi connectivity index (χ1) is 16.1. The summed E-state index contributed by atoms with van der Waals surface area (Å²) in [5, 5.41) is 1.96. The van der Waals surface area contributed by atoms with Crippen molar-refractivity contribution in [2.24, 2.45) is 0 Å². The number of carbonyl (C=O) groups is 1. The summed E-state index contributed by atoms with van der Waals surface area (Å²) < 4.78 is 6.09. The van der Waals surface area contributed by atoms with Crippen LogP contribution < -0.4 is 20.3 Å². The van der Waals surface area contributed by atoms with E-state index in [-0.39, 0.29) is 5.91 Å². The quantitative estimate of drug-likeness (QED) is 0.458. The molecule has 1 aliphatic rings. The Morgan fingerprint density at radius 2 is 1.82 bits per heavy atom. The van der Waals surface area contributed by atoms with Crippen LogP contribution >= 0.6 is 0 Å². The summed E-state index contributed by atoms with van der Waals surface area (Å²) in [5.41, 5.74) is 9.09. The summed E-state index contributed by atoms with van der Waals surface area (Å²) in [7, 11) is 1.77. The molecule has 0 radical (unpaired) electrons. The van der Waals surface area contributed by atoms with Crippen LogP contribution in [0, 0.1) is 0 Å². The number of fused-ring (bicyclic) bond motifs is 3. The number of aromatic nitrogens is 2. The van der Waals surface area contributed by atoms with E-state index in [0.717, 1.165) is 39.3 Å². The van der Waals surface area contributed by atoms with Gasteiger partial charge in [-0.15, -0.1) is 0 Å². The highest BCUT2D eigenvalue weighted by atomic mass is 16.5. The number of nitrogens with zero attached hydrogens (tertiary/aromatic N) is 4. The third-order valence-corrected chi connectivity index (χ3v) is 5.98. The van der Waals surface area contributed by atoms with E-state index in [2.05, 4.69) is 9.97 Å². The van der Waals surface area contributed by atoms with Crippen LogP contribution in [0.25, 0.3) is 10.8 Å². The van der Waals surface area contributed by atoms with Crippen molar-refractivity contribution in [2.45, 2.75) is 13.3 Å². The van der Waals surface area contributed by atoms with Gasteiger partial charge in [0.05, 0.1) is 17.9 Å². The smallest absolute Gasteiger partial charge is 0.261 e. The molecule has 0 aliphatic carbocycles. The molecule has 166 valence electrons. The molecule has 4 aromatic rings. The molecule has 0 spiro atoms. The van der Waals surface area contributed by atoms with E-state index in [4.69, 9.17) is 10.5 Å². The van der Waals surface area contributed by atoms with Crippen molar-refractivity contribution in [3.05, 3.63) is 78.1 Å². The average Bonchev–Trinajstić information content (AvgIpc) is 2.93. The van der Waals surface area contributed by atoms with Crippen molar-refractivity contribution < 1.29 is 9.53 Å². The highest BCUT2D eigenvalue weighted by Crippen LogP contribution is 2.37. The molecule has 5 rings (SSSR count). The van der Waals surface area contributed by atoms with E-state index < -0.39 is 0 Å². The van der Waals surface area contributed by atoms with Gasteiger partial charge in [-0.1, -0.05) is 24.3 Å². The lowest BCUT2D eigenvalue weighted by atomic mass is 10.1. The number of rotatable bonds is 5. The molecule has 2 aromatic carbocycles. The van der Waals surface area contributed by atoms with Crippen LogP contribution in [0.15, 0.2) is 67.0 Å². The predicted octanol–water partition coefficient (Wildman–Crippen LogP) is 4.58. The van der Waals surface area contributed by atoms with Crippen molar-refractivity contribution >= 4 is 39.7 Å².